The Labute approximate surface area is 126 Å². The largest absolute Gasteiger partial charge is 0.493 e. The smallest absolute Gasteiger partial charge is 0.161 e. The Morgan fingerprint density at radius 1 is 0.947 bits per heavy atom. The van der Waals surface area contributed by atoms with Crippen molar-refractivity contribution in [2.75, 3.05) is 14.2 Å². The maximum atomic E-state index is 5.26. The Bertz CT molecular complexity index is 579. The van der Waals surface area contributed by atoms with Gasteiger partial charge in [0.1, 0.15) is 0 Å². The predicted octanol–water partition coefficient (Wildman–Crippen LogP) is 4.06. The molecule has 0 spiro atoms. The van der Waals surface area contributed by atoms with Crippen LogP contribution in [0.25, 0.3) is 0 Å². The molecular weight excluding hydrogens is 353 g/mol. The van der Waals surface area contributed by atoms with E-state index in [0.717, 1.165) is 11.3 Å². The van der Waals surface area contributed by atoms with Crippen LogP contribution < -0.4 is 9.47 Å². The van der Waals surface area contributed by atoms with Crippen LogP contribution in [0.5, 0.6) is 11.5 Å². The Kier molecular flexibility index (Phi) is 4.79. The molecule has 2 rings (SSSR count). The molecule has 0 N–H and O–H groups in total. The van der Waals surface area contributed by atoms with Crippen molar-refractivity contribution in [3.63, 3.8) is 0 Å². The van der Waals surface area contributed by atoms with Crippen molar-refractivity contribution < 1.29 is 9.47 Å². The predicted molar refractivity (Wildman–Crippen MR) is 86.0 cm³/mol. The van der Waals surface area contributed by atoms with Crippen LogP contribution in [0.4, 0.5) is 5.69 Å². The van der Waals surface area contributed by atoms with Crippen LogP contribution in [0.1, 0.15) is 5.56 Å². The summed E-state index contributed by atoms with van der Waals surface area (Å²) in [7, 11) is 3.25. The number of rotatable bonds is 4. The highest BCUT2D eigenvalue weighted by Crippen LogP contribution is 2.27. The van der Waals surface area contributed by atoms with Gasteiger partial charge in [0.25, 0.3) is 0 Å². The van der Waals surface area contributed by atoms with Crippen molar-refractivity contribution in [3.8, 4) is 11.5 Å². The molecule has 0 aliphatic heterocycles. The van der Waals surface area contributed by atoms with E-state index < -0.39 is 0 Å². The monoisotopic (exact) mass is 367 g/mol. The molecule has 0 aliphatic carbocycles. The molecule has 19 heavy (non-hydrogen) atoms. The fourth-order valence-electron chi connectivity index (χ4n) is 1.61. The molecule has 2 aromatic rings. The zero-order valence-electron chi connectivity index (χ0n) is 10.8. The quantitative estimate of drug-likeness (QED) is 0.603. The summed E-state index contributed by atoms with van der Waals surface area (Å²) in [4.78, 5) is 4.42. The van der Waals surface area contributed by atoms with E-state index in [9.17, 15) is 0 Å². The molecule has 0 amide bonds. The van der Waals surface area contributed by atoms with Gasteiger partial charge in [-0.05, 0) is 70.6 Å². The molecule has 0 saturated heterocycles. The van der Waals surface area contributed by atoms with E-state index in [1.165, 1.54) is 3.57 Å². The number of hydrogen-bond acceptors (Lipinski definition) is 3. The van der Waals surface area contributed by atoms with Crippen LogP contribution in [-0.2, 0) is 0 Å². The second kappa shape index (κ2) is 6.56. The van der Waals surface area contributed by atoms with E-state index in [-0.39, 0.29) is 0 Å². The van der Waals surface area contributed by atoms with Gasteiger partial charge in [0.15, 0.2) is 11.5 Å². The van der Waals surface area contributed by atoms with Gasteiger partial charge in [0.2, 0.25) is 0 Å². The second-order valence-electron chi connectivity index (χ2n) is 3.85. The third kappa shape index (κ3) is 3.70. The molecule has 0 atom stereocenters. The summed E-state index contributed by atoms with van der Waals surface area (Å²) in [5, 5.41) is 0. The Morgan fingerprint density at radius 2 is 1.63 bits per heavy atom. The van der Waals surface area contributed by atoms with Gasteiger partial charge in [-0.3, -0.25) is 4.99 Å². The normalized spacial score (nSPS) is 10.7. The fraction of sp³-hybridized carbons (Fsp3) is 0.133. The van der Waals surface area contributed by atoms with E-state index in [4.69, 9.17) is 9.47 Å². The van der Waals surface area contributed by atoms with Gasteiger partial charge in [0, 0.05) is 9.78 Å². The highest BCUT2D eigenvalue weighted by atomic mass is 127. The van der Waals surface area contributed by atoms with Gasteiger partial charge in [-0.1, -0.05) is 0 Å². The van der Waals surface area contributed by atoms with Gasteiger partial charge in [-0.15, -0.1) is 0 Å². The molecule has 0 unspecified atom stereocenters. The Balaban J connectivity index is 2.21. The van der Waals surface area contributed by atoms with Crippen molar-refractivity contribution in [1.29, 1.82) is 0 Å². The molecule has 0 aliphatic rings. The maximum Gasteiger partial charge on any atom is 0.161 e. The summed E-state index contributed by atoms with van der Waals surface area (Å²) < 4.78 is 11.7. The number of methoxy groups -OCH3 is 2. The molecule has 0 saturated carbocycles. The summed E-state index contributed by atoms with van der Waals surface area (Å²) in [6.45, 7) is 0. The van der Waals surface area contributed by atoms with Crippen molar-refractivity contribution in [3.05, 3.63) is 51.6 Å². The first-order valence-electron chi connectivity index (χ1n) is 5.74. The molecule has 0 heterocycles. The van der Waals surface area contributed by atoms with Crippen LogP contribution in [0, 0.1) is 3.57 Å². The number of ether oxygens (including phenoxy) is 2. The van der Waals surface area contributed by atoms with E-state index >= 15 is 0 Å². The zero-order valence-corrected chi connectivity index (χ0v) is 12.9. The number of hydrogen-bond donors (Lipinski definition) is 0. The molecule has 0 fully saturated rings. The Hall–Kier alpha value is -1.56. The van der Waals surface area contributed by atoms with Gasteiger partial charge in [0.05, 0.1) is 19.9 Å². The lowest BCUT2D eigenvalue weighted by molar-refractivity contribution is 0.355. The number of benzene rings is 2. The Morgan fingerprint density at radius 3 is 2.26 bits per heavy atom. The lowest BCUT2D eigenvalue weighted by Gasteiger charge is -2.07. The molecule has 98 valence electrons. The standard InChI is InChI=1S/C15H14INO2/c1-18-14-8-3-11(9-15(14)19-2)10-17-13-6-4-12(16)5-7-13/h3-10H,1-2H3. The van der Waals surface area contributed by atoms with E-state index in [1.807, 2.05) is 48.7 Å². The second-order valence-corrected chi connectivity index (χ2v) is 5.09. The zero-order chi connectivity index (χ0) is 13.7. The summed E-state index contributed by atoms with van der Waals surface area (Å²) in [5.41, 5.74) is 1.89. The van der Waals surface area contributed by atoms with Crippen molar-refractivity contribution in [1.82, 2.24) is 0 Å². The molecular formula is C15H14INO2. The number of aliphatic imine (C=N–C) groups is 1. The van der Waals surface area contributed by atoms with E-state index in [2.05, 4.69) is 27.6 Å². The maximum absolute atomic E-state index is 5.26. The minimum Gasteiger partial charge on any atom is -0.493 e. The van der Waals surface area contributed by atoms with Crippen molar-refractivity contribution in [2.45, 2.75) is 0 Å². The first kappa shape index (κ1) is 13.9. The third-order valence-electron chi connectivity index (χ3n) is 2.60. The van der Waals surface area contributed by atoms with Gasteiger partial charge in [-0.2, -0.15) is 0 Å². The lowest BCUT2D eigenvalue weighted by atomic mass is 10.2. The molecule has 0 aromatic heterocycles. The molecule has 4 heteroatoms. The SMILES string of the molecule is COc1ccc(C=Nc2ccc(I)cc2)cc1OC. The van der Waals surface area contributed by atoms with E-state index in [0.29, 0.717) is 11.5 Å². The first-order valence-corrected chi connectivity index (χ1v) is 6.82. The summed E-state index contributed by atoms with van der Waals surface area (Å²) in [6.07, 6.45) is 1.81. The van der Waals surface area contributed by atoms with Crippen LogP contribution in [0.15, 0.2) is 47.5 Å². The molecule has 0 radical (unpaired) electrons. The minimum atomic E-state index is 0.703. The third-order valence-corrected chi connectivity index (χ3v) is 3.32. The topological polar surface area (TPSA) is 30.8 Å². The summed E-state index contributed by atoms with van der Waals surface area (Å²) in [5.74, 6) is 1.42. The average Bonchev–Trinajstić information content (AvgIpc) is 2.46. The highest BCUT2D eigenvalue weighted by molar-refractivity contribution is 14.1. The number of halogens is 1. The fourth-order valence-corrected chi connectivity index (χ4v) is 1.97. The molecule has 0 bridgehead atoms. The van der Waals surface area contributed by atoms with Crippen LogP contribution in [0.2, 0.25) is 0 Å². The van der Waals surface area contributed by atoms with Gasteiger partial charge >= 0.3 is 0 Å². The van der Waals surface area contributed by atoms with Crippen molar-refractivity contribution >= 4 is 34.5 Å². The van der Waals surface area contributed by atoms with Crippen LogP contribution in [-0.4, -0.2) is 20.4 Å². The van der Waals surface area contributed by atoms with Gasteiger partial charge in [-0.25, -0.2) is 0 Å². The van der Waals surface area contributed by atoms with Crippen LogP contribution in [0.3, 0.4) is 0 Å². The van der Waals surface area contributed by atoms with Crippen molar-refractivity contribution in [2.24, 2.45) is 4.99 Å². The van der Waals surface area contributed by atoms with Gasteiger partial charge < -0.3 is 9.47 Å². The average molecular weight is 367 g/mol. The number of nitrogens with zero attached hydrogens (tertiary/aromatic N) is 1. The minimum absolute atomic E-state index is 0.703. The summed E-state index contributed by atoms with van der Waals surface area (Å²) >= 11 is 2.27. The molecule has 2 aromatic carbocycles. The summed E-state index contributed by atoms with van der Waals surface area (Å²) in [6, 6.07) is 13.7. The highest BCUT2D eigenvalue weighted by Gasteiger charge is 2.02. The van der Waals surface area contributed by atoms with Crippen LogP contribution >= 0.6 is 22.6 Å². The lowest BCUT2D eigenvalue weighted by Crippen LogP contribution is -1.91. The first-order chi connectivity index (χ1) is 9.22. The molecule has 3 nitrogen and oxygen atoms in total. The van der Waals surface area contributed by atoms with E-state index in [1.54, 1.807) is 14.2 Å².